The second kappa shape index (κ2) is 4.91. The predicted octanol–water partition coefficient (Wildman–Crippen LogP) is -0.362. The van der Waals surface area contributed by atoms with Crippen LogP contribution in [0.4, 0.5) is 0 Å². The summed E-state index contributed by atoms with van der Waals surface area (Å²) in [4.78, 5) is 1.44. The average Bonchev–Trinajstić information content (AvgIpc) is 2.96. The number of hydrogen-bond donors (Lipinski definition) is 1. The summed E-state index contributed by atoms with van der Waals surface area (Å²) in [6.45, 7) is 3.17. The molecule has 1 N–H and O–H groups in total. The van der Waals surface area contributed by atoms with Crippen LogP contribution in [0.25, 0.3) is 0 Å². The Morgan fingerprint density at radius 3 is 3.06 bits per heavy atom. The summed E-state index contributed by atoms with van der Waals surface area (Å²) in [5, 5.41) is 15.1. The van der Waals surface area contributed by atoms with Crippen molar-refractivity contribution >= 4 is 0 Å². The highest BCUT2D eigenvalue weighted by atomic mass is 16.6. The molecule has 100 valence electrons. The molecule has 3 rings (SSSR count). The van der Waals surface area contributed by atoms with Crippen molar-refractivity contribution in [3.63, 3.8) is 0 Å². The first-order valence-electron chi connectivity index (χ1n) is 6.45. The molecule has 0 saturated carbocycles. The maximum Gasteiger partial charge on any atom is 0.200 e. The molecule has 2 fully saturated rings. The third-order valence-electron chi connectivity index (χ3n) is 3.69. The van der Waals surface area contributed by atoms with Crippen molar-refractivity contribution in [2.75, 3.05) is 19.7 Å². The number of rotatable bonds is 3. The monoisotopic (exact) mass is 253 g/mol. The van der Waals surface area contributed by atoms with E-state index in [1.54, 1.807) is 7.05 Å². The van der Waals surface area contributed by atoms with Crippen molar-refractivity contribution in [3.05, 3.63) is 5.82 Å². The number of nitrogens with one attached hydrogen (secondary N) is 1. The summed E-state index contributed by atoms with van der Waals surface area (Å²) in [5.74, 6) is 0.628. The Labute approximate surface area is 106 Å². The van der Waals surface area contributed by atoms with Gasteiger partial charge in [0.2, 0.25) is 0 Å². The minimum Gasteiger partial charge on any atom is -0.372 e. The van der Waals surface area contributed by atoms with E-state index in [1.165, 1.54) is 4.80 Å². The summed E-state index contributed by atoms with van der Waals surface area (Å²) in [5.41, 5.74) is 0.0473. The van der Waals surface area contributed by atoms with Gasteiger partial charge in [-0.25, -0.2) is 0 Å². The van der Waals surface area contributed by atoms with E-state index in [4.69, 9.17) is 9.47 Å². The van der Waals surface area contributed by atoms with Gasteiger partial charge in [0.05, 0.1) is 25.4 Å². The van der Waals surface area contributed by atoms with Crippen molar-refractivity contribution in [2.45, 2.75) is 37.6 Å². The summed E-state index contributed by atoms with van der Waals surface area (Å²) in [6.07, 6.45) is 3.30. The van der Waals surface area contributed by atoms with E-state index in [-0.39, 0.29) is 11.7 Å². The van der Waals surface area contributed by atoms with Gasteiger partial charge in [-0.1, -0.05) is 0 Å². The van der Waals surface area contributed by atoms with Gasteiger partial charge >= 0.3 is 0 Å². The second-order valence-corrected chi connectivity index (χ2v) is 5.08. The zero-order valence-corrected chi connectivity index (χ0v) is 10.6. The predicted molar refractivity (Wildman–Crippen MR) is 62.8 cm³/mol. The van der Waals surface area contributed by atoms with Gasteiger partial charge in [-0.05, 0) is 31.1 Å². The average molecular weight is 253 g/mol. The summed E-state index contributed by atoms with van der Waals surface area (Å²) < 4.78 is 11.8. The molecule has 2 saturated heterocycles. The van der Waals surface area contributed by atoms with Crippen LogP contribution in [0.2, 0.25) is 0 Å². The van der Waals surface area contributed by atoms with E-state index in [0.717, 1.165) is 32.4 Å². The molecular formula is C11H19N5O2. The van der Waals surface area contributed by atoms with Gasteiger partial charge in [-0.2, -0.15) is 4.80 Å². The normalized spacial score (nSPS) is 26.8. The Balaban J connectivity index is 1.50. The molecule has 1 unspecified atom stereocenters. The summed E-state index contributed by atoms with van der Waals surface area (Å²) in [7, 11) is 1.75. The Morgan fingerprint density at radius 2 is 2.33 bits per heavy atom. The molecule has 1 spiro atoms. The fraction of sp³-hybridized carbons (Fsp3) is 0.909. The lowest BCUT2D eigenvalue weighted by molar-refractivity contribution is -0.0243. The zero-order chi connectivity index (χ0) is 12.4. The third-order valence-corrected chi connectivity index (χ3v) is 3.69. The van der Waals surface area contributed by atoms with E-state index in [1.807, 2.05) is 0 Å². The highest BCUT2D eigenvalue weighted by Gasteiger charge is 2.41. The van der Waals surface area contributed by atoms with Gasteiger partial charge in [0.1, 0.15) is 6.61 Å². The molecule has 1 atom stereocenters. The van der Waals surface area contributed by atoms with Crippen LogP contribution in [0.15, 0.2) is 0 Å². The molecule has 7 heteroatoms. The largest absolute Gasteiger partial charge is 0.372 e. The lowest BCUT2D eigenvalue weighted by Crippen LogP contribution is -2.41. The number of tetrazole rings is 1. The third kappa shape index (κ3) is 2.52. The van der Waals surface area contributed by atoms with E-state index in [9.17, 15) is 0 Å². The maximum absolute atomic E-state index is 5.96. The van der Waals surface area contributed by atoms with Crippen LogP contribution in [0.1, 0.15) is 25.1 Å². The lowest BCUT2D eigenvalue weighted by atomic mass is 9.89. The molecule has 2 aliphatic heterocycles. The number of nitrogens with zero attached hydrogens (tertiary/aromatic N) is 4. The molecule has 3 heterocycles. The number of hydrogen-bond acceptors (Lipinski definition) is 6. The van der Waals surface area contributed by atoms with E-state index in [2.05, 4.69) is 20.7 Å². The Kier molecular flexibility index (Phi) is 3.27. The molecule has 2 aliphatic rings. The molecule has 18 heavy (non-hydrogen) atoms. The summed E-state index contributed by atoms with van der Waals surface area (Å²) in [6, 6.07) is 0. The van der Waals surface area contributed by atoms with Gasteiger partial charge in [0, 0.05) is 6.42 Å². The molecule has 7 nitrogen and oxygen atoms in total. The highest BCUT2D eigenvalue weighted by molar-refractivity contribution is 4.93. The molecule has 1 aromatic rings. The smallest absolute Gasteiger partial charge is 0.200 e. The number of aromatic nitrogens is 4. The maximum atomic E-state index is 5.96. The molecule has 0 aromatic carbocycles. The van der Waals surface area contributed by atoms with Crippen molar-refractivity contribution in [1.29, 1.82) is 0 Å². The molecular weight excluding hydrogens is 234 g/mol. The molecule has 0 aliphatic carbocycles. The Morgan fingerprint density at radius 1 is 1.50 bits per heavy atom. The van der Waals surface area contributed by atoms with Crippen molar-refractivity contribution in [1.82, 2.24) is 25.5 Å². The Bertz CT molecular complexity index is 402. The van der Waals surface area contributed by atoms with Crippen LogP contribution in [-0.2, 0) is 23.1 Å². The minimum atomic E-state index is 0.0473. The highest BCUT2D eigenvalue weighted by Crippen LogP contribution is 2.35. The van der Waals surface area contributed by atoms with Crippen LogP contribution in [0.5, 0.6) is 0 Å². The van der Waals surface area contributed by atoms with Crippen LogP contribution in [0.3, 0.4) is 0 Å². The van der Waals surface area contributed by atoms with E-state index >= 15 is 0 Å². The fourth-order valence-electron chi connectivity index (χ4n) is 2.71. The van der Waals surface area contributed by atoms with E-state index < -0.39 is 0 Å². The molecule has 0 amide bonds. The first-order chi connectivity index (χ1) is 8.76. The number of aryl methyl sites for hydroxylation is 1. The van der Waals surface area contributed by atoms with Crippen molar-refractivity contribution in [2.24, 2.45) is 7.05 Å². The van der Waals surface area contributed by atoms with Crippen LogP contribution in [-0.4, -0.2) is 51.6 Å². The van der Waals surface area contributed by atoms with Gasteiger partial charge in [0.15, 0.2) is 5.82 Å². The molecule has 1 aromatic heterocycles. The first kappa shape index (κ1) is 12.0. The zero-order valence-electron chi connectivity index (χ0n) is 10.6. The first-order valence-corrected chi connectivity index (χ1v) is 6.45. The SMILES string of the molecule is Cn1nnc(COC2COC3(CCNCC3)C2)n1. The van der Waals surface area contributed by atoms with Gasteiger partial charge in [-0.3, -0.25) is 0 Å². The van der Waals surface area contributed by atoms with Gasteiger partial charge in [0.25, 0.3) is 0 Å². The van der Waals surface area contributed by atoms with Crippen LogP contribution >= 0.6 is 0 Å². The van der Waals surface area contributed by atoms with Crippen LogP contribution < -0.4 is 5.32 Å². The van der Waals surface area contributed by atoms with Crippen molar-refractivity contribution < 1.29 is 9.47 Å². The molecule has 0 bridgehead atoms. The number of ether oxygens (including phenoxy) is 2. The standard InChI is InChI=1S/C11H19N5O2/c1-16-14-10(13-15-16)8-17-9-6-11(18-7-9)2-4-12-5-3-11/h9,12H,2-8H2,1H3. The quantitative estimate of drug-likeness (QED) is 0.793. The second-order valence-electron chi connectivity index (χ2n) is 5.08. The van der Waals surface area contributed by atoms with Gasteiger partial charge in [-0.15, -0.1) is 10.2 Å². The lowest BCUT2D eigenvalue weighted by Gasteiger charge is -2.32. The minimum absolute atomic E-state index is 0.0473. The Hall–Kier alpha value is -1.05. The van der Waals surface area contributed by atoms with E-state index in [0.29, 0.717) is 19.0 Å². The van der Waals surface area contributed by atoms with Crippen molar-refractivity contribution in [3.8, 4) is 0 Å². The fourth-order valence-corrected chi connectivity index (χ4v) is 2.71. The topological polar surface area (TPSA) is 74.1 Å². The summed E-state index contributed by atoms with van der Waals surface area (Å²) >= 11 is 0. The molecule has 0 radical (unpaired) electrons. The van der Waals surface area contributed by atoms with Gasteiger partial charge < -0.3 is 14.8 Å². The number of piperidine rings is 1. The van der Waals surface area contributed by atoms with Crippen LogP contribution in [0, 0.1) is 0 Å².